The van der Waals surface area contributed by atoms with E-state index in [9.17, 15) is 15.8 Å². The van der Waals surface area contributed by atoms with Crippen molar-refractivity contribution in [3.63, 3.8) is 0 Å². The molecule has 4 nitrogen and oxygen atoms in total. The molecule has 0 unspecified atom stereocenters. The van der Waals surface area contributed by atoms with Crippen molar-refractivity contribution in [1.29, 1.82) is 15.8 Å². The van der Waals surface area contributed by atoms with E-state index in [0.29, 0.717) is 5.57 Å². The zero-order valence-corrected chi connectivity index (χ0v) is 10.3. The van der Waals surface area contributed by atoms with Crippen LogP contribution in [-0.2, 0) is 0 Å². The summed E-state index contributed by atoms with van der Waals surface area (Å²) in [7, 11) is 0. The number of allylic oxidation sites excluding steroid dienone is 4. The van der Waals surface area contributed by atoms with Crippen molar-refractivity contribution in [3.8, 4) is 18.2 Å². The summed E-state index contributed by atoms with van der Waals surface area (Å²) in [5, 5.41) is 28.0. The molecular weight excluding hydrogens is 224 g/mol. The topological polar surface area (TPSA) is 97.4 Å². The normalized spacial score (nSPS) is 29.3. The Morgan fingerprint density at radius 2 is 2.00 bits per heavy atom. The van der Waals surface area contributed by atoms with E-state index in [4.69, 9.17) is 5.73 Å². The lowest BCUT2D eigenvalue weighted by molar-refractivity contribution is 0.257. The van der Waals surface area contributed by atoms with Crippen LogP contribution in [0, 0.1) is 51.2 Å². The lowest BCUT2D eigenvalue weighted by Gasteiger charge is -2.41. The molecule has 0 spiro atoms. The van der Waals surface area contributed by atoms with Crippen LogP contribution in [0.5, 0.6) is 0 Å². The fourth-order valence-corrected chi connectivity index (χ4v) is 3.08. The van der Waals surface area contributed by atoms with Crippen LogP contribution in [0.15, 0.2) is 22.9 Å². The molecule has 0 aromatic rings. The number of hydrogen-bond donors (Lipinski definition) is 1. The van der Waals surface area contributed by atoms with Crippen LogP contribution in [0.4, 0.5) is 0 Å². The molecule has 0 heterocycles. The van der Waals surface area contributed by atoms with Crippen molar-refractivity contribution in [1.82, 2.24) is 0 Å². The molecule has 0 saturated carbocycles. The summed E-state index contributed by atoms with van der Waals surface area (Å²) in [6, 6.07) is 6.16. The van der Waals surface area contributed by atoms with Crippen LogP contribution in [0.1, 0.15) is 26.2 Å². The number of hydrogen-bond acceptors (Lipinski definition) is 4. The third-order valence-electron chi connectivity index (χ3n) is 4.22. The predicted octanol–water partition coefficient (Wildman–Crippen LogP) is 2.13. The van der Waals surface area contributed by atoms with Gasteiger partial charge in [0.2, 0.25) is 0 Å². The summed E-state index contributed by atoms with van der Waals surface area (Å²) in [5.74, 6) is -0.0730. The highest BCUT2D eigenvalue weighted by atomic mass is 14.7. The highest BCUT2D eigenvalue weighted by molar-refractivity contribution is 5.55. The van der Waals surface area contributed by atoms with Crippen LogP contribution in [0.3, 0.4) is 0 Å². The maximum absolute atomic E-state index is 9.37. The molecule has 2 aliphatic rings. The Morgan fingerprint density at radius 1 is 1.33 bits per heavy atom. The molecule has 2 aliphatic carbocycles. The number of nitrogens with zero attached hydrogens (tertiary/aromatic N) is 3. The number of rotatable bonds is 0. The van der Waals surface area contributed by atoms with E-state index in [1.54, 1.807) is 0 Å². The molecule has 90 valence electrons. The van der Waals surface area contributed by atoms with Gasteiger partial charge in [0.05, 0.1) is 23.4 Å². The second-order valence-electron chi connectivity index (χ2n) is 4.92. The highest BCUT2D eigenvalue weighted by Gasteiger charge is 2.50. The number of nitrogens with two attached hydrogens (primary N) is 1. The van der Waals surface area contributed by atoms with E-state index in [0.717, 1.165) is 24.8 Å². The van der Waals surface area contributed by atoms with Crippen LogP contribution < -0.4 is 5.73 Å². The van der Waals surface area contributed by atoms with Crippen molar-refractivity contribution in [2.45, 2.75) is 26.2 Å². The zero-order valence-electron chi connectivity index (χ0n) is 10.3. The van der Waals surface area contributed by atoms with Gasteiger partial charge in [-0.15, -0.1) is 0 Å². The van der Waals surface area contributed by atoms with Gasteiger partial charge < -0.3 is 5.73 Å². The van der Waals surface area contributed by atoms with E-state index < -0.39 is 5.41 Å². The largest absolute Gasteiger partial charge is 0.399 e. The minimum Gasteiger partial charge on any atom is -0.399 e. The highest BCUT2D eigenvalue weighted by Crippen LogP contribution is 2.50. The average molecular weight is 238 g/mol. The Kier molecular flexibility index (Phi) is 2.85. The van der Waals surface area contributed by atoms with Gasteiger partial charge in [-0.25, -0.2) is 0 Å². The van der Waals surface area contributed by atoms with Gasteiger partial charge >= 0.3 is 0 Å². The summed E-state index contributed by atoms with van der Waals surface area (Å²) in [4.78, 5) is 0. The molecule has 0 radical (unpaired) electrons. The third kappa shape index (κ3) is 1.35. The average Bonchev–Trinajstić information content (AvgIpc) is 2.41. The van der Waals surface area contributed by atoms with Crippen molar-refractivity contribution in [2.75, 3.05) is 0 Å². The fourth-order valence-electron chi connectivity index (χ4n) is 3.08. The molecule has 2 N–H and O–H groups in total. The molecule has 0 aromatic heterocycles. The van der Waals surface area contributed by atoms with Gasteiger partial charge in [-0.2, -0.15) is 15.8 Å². The van der Waals surface area contributed by atoms with Crippen LogP contribution >= 0.6 is 0 Å². The molecule has 4 heteroatoms. The van der Waals surface area contributed by atoms with E-state index >= 15 is 0 Å². The molecule has 2 rings (SSSR count). The standard InChI is InChI=1S/C14H14N4/c1-9-10-4-2-3-5-11(10)12(6-15)13(18)14(9,7-16)8-17/h5,9-10H,2-4,18H2,1H3/t9-,10+/m0/s1. The minimum absolute atomic E-state index is 0.0972. The Morgan fingerprint density at radius 3 is 2.56 bits per heavy atom. The lowest BCUT2D eigenvalue weighted by atomic mass is 9.59. The Hall–Kier alpha value is -2.25. The summed E-state index contributed by atoms with van der Waals surface area (Å²) in [5.41, 5.74) is 6.02. The van der Waals surface area contributed by atoms with Gasteiger partial charge in [0, 0.05) is 5.92 Å². The number of nitriles is 3. The van der Waals surface area contributed by atoms with Gasteiger partial charge in [-0.05, 0) is 30.8 Å². The molecule has 0 saturated heterocycles. The number of fused-ring (bicyclic) bond motifs is 1. The first-order valence-electron chi connectivity index (χ1n) is 6.05. The first-order chi connectivity index (χ1) is 8.62. The monoisotopic (exact) mass is 238 g/mol. The predicted molar refractivity (Wildman–Crippen MR) is 65.1 cm³/mol. The van der Waals surface area contributed by atoms with Gasteiger partial charge in [-0.3, -0.25) is 0 Å². The molecule has 0 amide bonds. The Labute approximate surface area is 107 Å². The SMILES string of the molecule is C[C@H]1[C@H]2CCCC=C2C(C#N)=C(N)C1(C#N)C#N. The summed E-state index contributed by atoms with van der Waals surface area (Å²) in [6.45, 7) is 1.89. The smallest absolute Gasteiger partial charge is 0.187 e. The quantitative estimate of drug-likeness (QED) is 0.698. The zero-order chi connectivity index (χ0) is 13.3. The van der Waals surface area contributed by atoms with E-state index in [1.807, 2.05) is 25.1 Å². The van der Waals surface area contributed by atoms with Crippen molar-refractivity contribution < 1.29 is 0 Å². The minimum atomic E-state index is -1.36. The van der Waals surface area contributed by atoms with E-state index in [2.05, 4.69) is 6.07 Å². The second kappa shape index (κ2) is 4.21. The lowest BCUT2D eigenvalue weighted by Crippen LogP contribution is -2.42. The summed E-state index contributed by atoms with van der Waals surface area (Å²) in [6.07, 6.45) is 4.92. The van der Waals surface area contributed by atoms with Crippen molar-refractivity contribution in [2.24, 2.45) is 23.0 Å². The Bertz CT molecular complexity index is 548. The third-order valence-corrected chi connectivity index (χ3v) is 4.22. The van der Waals surface area contributed by atoms with E-state index in [1.165, 1.54) is 0 Å². The van der Waals surface area contributed by atoms with Gasteiger partial charge in [-0.1, -0.05) is 13.0 Å². The van der Waals surface area contributed by atoms with Crippen LogP contribution in [-0.4, -0.2) is 0 Å². The maximum Gasteiger partial charge on any atom is 0.187 e. The molecule has 0 aromatic carbocycles. The van der Waals surface area contributed by atoms with E-state index in [-0.39, 0.29) is 17.5 Å². The molecule has 18 heavy (non-hydrogen) atoms. The van der Waals surface area contributed by atoms with Crippen molar-refractivity contribution in [3.05, 3.63) is 22.9 Å². The molecule has 0 fully saturated rings. The molecule has 2 atom stereocenters. The molecular formula is C14H14N4. The van der Waals surface area contributed by atoms with Crippen LogP contribution in [0.25, 0.3) is 0 Å². The summed E-state index contributed by atoms with van der Waals surface area (Å²) >= 11 is 0. The first kappa shape index (κ1) is 12.2. The fraction of sp³-hybridized carbons (Fsp3) is 0.500. The molecule has 0 bridgehead atoms. The van der Waals surface area contributed by atoms with Crippen molar-refractivity contribution >= 4 is 0 Å². The van der Waals surface area contributed by atoms with Crippen LogP contribution in [0.2, 0.25) is 0 Å². The summed E-state index contributed by atoms with van der Waals surface area (Å²) < 4.78 is 0. The molecule has 0 aliphatic heterocycles. The van der Waals surface area contributed by atoms with Gasteiger partial charge in [0.25, 0.3) is 0 Å². The second-order valence-corrected chi connectivity index (χ2v) is 4.92. The van der Waals surface area contributed by atoms with Gasteiger partial charge in [0.15, 0.2) is 5.41 Å². The van der Waals surface area contributed by atoms with Gasteiger partial charge in [0.1, 0.15) is 6.07 Å². The Balaban J connectivity index is 2.73. The maximum atomic E-state index is 9.37. The first-order valence-corrected chi connectivity index (χ1v) is 6.05.